The molecule has 1 saturated carbocycles. The summed E-state index contributed by atoms with van der Waals surface area (Å²) in [6.45, 7) is 2.63. The molecule has 1 aliphatic carbocycles. The summed E-state index contributed by atoms with van der Waals surface area (Å²) < 4.78 is 5.78. The second-order valence-corrected chi connectivity index (χ2v) is 6.64. The van der Waals surface area contributed by atoms with E-state index in [9.17, 15) is 0 Å². The van der Waals surface area contributed by atoms with Gasteiger partial charge in [0.2, 0.25) is 0 Å². The van der Waals surface area contributed by atoms with Crippen LogP contribution in [0.1, 0.15) is 30.9 Å². The number of likely N-dealkylation sites (tertiary alicyclic amines) is 1. The molecule has 110 valence electrons. The van der Waals surface area contributed by atoms with Crippen molar-refractivity contribution in [2.75, 3.05) is 26.7 Å². The molecule has 2 unspecified atom stereocenters. The molecule has 0 amide bonds. The Labute approximate surface area is 126 Å². The van der Waals surface area contributed by atoms with Crippen molar-refractivity contribution in [3.05, 3.63) is 28.8 Å². The predicted octanol–water partition coefficient (Wildman–Crippen LogP) is 3.08. The summed E-state index contributed by atoms with van der Waals surface area (Å²) in [4.78, 5) is 2.37. The minimum atomic E-state index is 0.429. The molecule has 4 heteroatoms. The van der Waals surface area contributed by atoms with Crippen LogP contribution < -0.4 is 10.5 Å². The summed E-state index contributed by atoms with van der Waals surface area (Å²) in [5, 5.41) is 0.729. The van der Waals surface area contributed by atoms with Gasteiger partial charge in [0.1, 0.15) is 5.75 Å². The Kier molecular flexibility index (Phi) is 4.20. The highest BCUT2D eigenvalue weighted by molar-refractivity contribution is 6.32. The SMILES string of the molecule is CN1CC(CN)CC1c1ccc(OCC2CC2)c(Cl)c1. The van der Waals surface area contributed by atoms with E-state index in [1.54, 1.807) is 0 Å². The smallest absolute Gasteiger partial charge is 0.137 e. The largest absolute Gasteiger partial charge is 0.492 e. The van der Waals surface area contributed by atoms with Gasteiger partial charge >= 0.3 is 0 Å². The van der Waals surface area contributed by atoms with Crippen LogP contribution in [-0.4, -0.2) is 31.6 Å². The number of hydrogen-bond donors (Lipinski definition) is 1. The van der Waals surface area contributed by atoms with Gasteiger partial charge in [-0.05, 0) is 62.4 Å². The standard InChI is InChI=1S/C16H23ClN2O/c1-19-9-12(8-18)6-15(19)13-4-5-16(14(17)7-13)20-10-11-2-3-11/h4-5,7,11-12,15H,2-3,6,8-10,18H2,1H3. The van der Waals surface area contributed by atoms with E-state index < -0.39 is 0 Å². The average Bonchev–Trinajstić information content (AvgIpc) is 3.19. The monoisotopic (exact) mass is 294 g/mol. The molecule has 2 atom stereocenters. The van der Waals surface area contributed by atoms with Crippen LogP contribution in [0, 0.1) is 11.8 Å². The zero-order valence-electron chi connectivity index (χ0n) is 12.0. The van der Waals surface area contributed by atoms with Crippen LogP contribution in [0.25, 0.3) is 0 Å². The Balaban J connectivity index is 1.69. The number of nitrogens with two attached hydrogens (primary N) is 1. The van der Waals surface area contributed by atoms with Gasteiger partial charge in [-0.1, -0.05) is 17.7 Å². The number of benzene rings is 1. The van der Waals surface area contributed by atoms with E-state index in [4.69, 9.17) is 22.1 Å². The molecule has 2 N–H and O–H groups in total. The minimum Gasteiger partial charge on any atom is -0.492 e. The first-order valence-electron chi connectivity index (χ1n) is 7.50. The van der Waals surface area contributed by atoms with Gasteiger partial charge in [-0.2, -0.15) is 0 Å². The van der Waals surface area contributed by atoms with Crippen LogP contribution in [-0.2, 0) is 0 Å². The molecule has 1 aromatic carbocycles. The number of hydrogen-bond acceptors (Lipinski definition) is 3. The lowest BCUT2D eigenvalue weighted by Gasteiger charge is -2.20. The molecule has 2 aliphatic rings. The fourth-order valence-electron chi connectivity index (χ4n) is 3.00. The van der Waals surface area contributed by atoms with Gasteiger partial charge in [0.05, 0.1) is 11.6 Å². The van der Waals surface area contributed by atoms with Crippen LogP contribution in [0.3, 0.4) is 0 Å². The predicted molar refractivity (Wildman–Crippen MR) is 82.2 cm³/mol. The van der Waals surface area contributed by atoms with Gasteiger partial charge in [-0.25, -0.2) is 0 Å². The normalized spacial score (nSPS) is 26.9. The molecule has 0 spiro atoms. The third kappa shape index (κ3) is 3.11. The molecule has 0 aromatic heterocycles. The molecular formula is C16H23ClN2O. The van der Waals surface area contributed by atoms with E-state index in [1.807, 2.05) is 6.07 Å². The van der Waals surface area contributed by atoms with Crippen molar-refractivity contribution in [1.82, 2.24) is 4.90 Å². The maximum Gasteiger partial charge on any atom is 0.137 e. The lowest BCUT2D eigenvalue weighted by Crippen LogP contribution is -2.20. The summed E-state index contributed by atoms with van der Waals surface area (Å²) >= 11 is 6.36. The number of ether oxygens (including phenoxy) is 1. The van der Waals surface area contributed by atoms with Gasteiger partial charge in [0.15, 0.2) is 0 Å². The molecule has 1 heterocycles. The van der Waals surface area contributed by atoms with Crippen molar-refractivity contribution in [2.24, 2.45) is 17.6 Å². The first-order chi connectivity index (χ1) is 9.67. The molecule has 2 fully saturated rings. The molecule has 1 saturated heterocycles. The molecule has 20 heavy (non-hydrogen) atoms. The van der Waals surface area contributed by atoms with Crippen molar-refractivity contribution < 1.29 is 4.74 Å². The fraction of sp³-hybridized carbons (Fsp3) is 0.625. The summed E-state index contributed by atoms with van der Waals surface area (Å²) in [6, 6.07) is 6.65. The van der Waals surface area contributed by atoms with Crippen LogP contribution in [0.15, 0.2) is 18.2 Å². The maximum absolute atomic E-state index is 6.36. The van der Waals surface area contributed by atoms with Crippen molar-refractivity contribution in [1.29, 1.82) is 0 Å². The highest BCUT2D eigenvalue weighted by atomic mass is 35.5. The number of rotatable bonds is 5. The Morgan fingerprint density at radius 3 is 2.75 bits per heavy atom. The molecule has 0 radical (unpaired) electrons. The Morgan fingerprint density at radius 2 is 2.15 bits per heavy atom. The fourth-order valence-corrected chi connectivity index (χ4v) is 3.24. The topological polar surface area (TPSA) is 38.5 Å². The molecule has 1 aliphatic heterocycles. The quantitative estimate of drug-likeness (QED) is 0.907. The van der Waals surface area contributed by atoms with E-state index in [0.29, 0.717) is 12.0 Å². The molecule has 3 rings (SSSR count). The first-order valence-corrected chi connectivity index (χ1v) is 7.87. The molecule has 1 aromatic rings. The highest BCUT2D eigenvalue weighted by Gasteiger charge is 2.30. The van der Waals surface area contributed by atoms with Gasteiger partial charge < -0.3 is 10.5 Å². The zero-order valence-corrected chi connectivity index (χ0v) is 12.8. The van der Waals surface area contributed by atoms with Crippen LogP contribution in [0.5, 0.6) is 5.75 Å². The lowest BCUT2D eigenvalue weighted by atomic mass is 10.00. The lowest BCUT2D eigenvalue weighted by molar-refractivity contribution is 0.298. The number of nitrogens with zero attached hydrogens (tertiary/aromatic N) is 1. The second-order valence-electron chi connectivity index (χ2n) is 6.24. The van der Waals surface area contributed by atoms with Gasteiger partial charge in [-0.3, -0.25) is 4.90 Å². The zero-order chi connectivity index (χ0) is 14.1. The Bertz CT molecular complexity index is 476. The van der Waals surface area contributed by atoms with Gasteiger partial charge in [0, 0.05) is 12.6 Å². The van der Waals surface area contributed by atoms with Gasteiger partial charge in [-0.15, -0.1) is 0 Å². The van der Waals surface area contributed by atoms with E-state index in [2.05, 4.69) is 24.1 Å². The van der Waals surface area contributed by atoms with Crippen LogP contribution in [0.4, 0.5) is 0 Å². The van der Waals surface area contributed by atoms with Crippen LogP contribution >= 0.6 is 11.6 Å². The van der Waals surface area contributed by atoms with Crippen LogP contribution in [0.2, 0.25) is 5.02 Å². The molecule has 0 bridgehead atoms. The van der Waals surface area contributed by atoms with E-state index in [1.165, 1.54) is 18.4 Å². The van der Waals surface area contributed by atoms with E-state index >= 15 is 0 Å². The molecular weight excluding hydrogens is 272 g/mol. The van der Waals surface area contributed by atoms with Crippen molar-refractivity contribution in [3.63, 3.8) is 0 Å². The highest BCUT2D eigenvalue weighted by Crippen LogP contribution is 2.37. The summed E-state index contributed by atoms with van der Waals surface area (Å²) in [7, 11) is 2.16. The third-order valence-corrected chi connectivity index (χ3v) is 4.78. The maximum atomic E-state index is 6.36. The Morgan fingerprint density at radius 1 is 1.35 bits per heavy atom. The van der Waals surface area contributed by atoms with Gasteiger partial charge in [0.25, 0.3) is 0 Å². The first kappa shape index (κ1) is 14.2. The van der Waals surface area contributed by atoms with Crippen molar-refractivity contribution >= 4 is 11.6 Å². The summed E-state index contributed by atoms with van der Waals surface area (Å²) in [6.07, 6.45) is 3.71. The third-order valence-electron chi connectivity index (χ3n) is 4.48. The minimum absolute atomic E-state index is 0.429. The average molecular weight is 295 g/mol. The van der Waals surface area contributed by atoms with E-state index in [-0.39, 0.29) is 0 Å². The summed E-state index contributed by atoms with van der Waals surface area (Å²) in [5.41, 5.74) is 7.06. The van der Waals surface area contributed by atoms with Crippen molar-refractivity contribution in [2.45, 2.75) is 25.3 Å². The van der Waals surface area contributed by atoms with Crippen molar-refractivity contribution in [3.8, 4) is 5.75 Å². The van der Waals surface area contributed by atoms with E-state index in [0.717, 1.165) is 42.8 Å². The summed E-state index contributed by atoms with van der Waals surface area (Å²) in [5.74, 6) is 2.16. The number of halogens is 1. The Hall–Kier alpha value is -0.770. The second kappa shape index (κ2) is 5.92. The molecule has 3 nitrogen and oxygen atoms in total.